The molecule has 0 amide bonds. The molecule has 11 heteroatoms. The van der Waals surface area contributed by atoms with E-state index >= 15 is 0 Å². The van der Waals surface area contributed by atoms with Crippen LogP contribution in [0.2, 0.25) is 0 Å². The van der Waals surface area contributed by atoms with E-state index < -0.39 is 37.3 Å². The van der Waals surface area contributed by atoms with E-state index in [1.165, 1.54) is 70.6 Å². The number of nitrogens with zero attached hydrogens (tertiary/aromatic N) is 3. The molecule has 4 aliphatic carbocycles. The minimum Gasteiger partial charge on any atom is -0.394 e. The van der Waals surface area contributed by atoms with Gasteiger partial charge in [-0.25, -0.2) is 4.68 Å². The Morgan fingerprint density at radius 2 is 1.67 bits per heavy atom. The van der Waals surface area contributed by atoms with Crippen LogP contribution in [-0.4, -0.2) is 98.7 Å². The summed E-state index contributed by atoms with van der Waals surface area (Å²) in [7, 11) is 0. The molecule has 1 aliphatic heterocycles. The standard InChI is InChI=1S/C40H69N3O8/c1-25(2)7-6-8-26(3)31-11-12-32-30-10-9-27-21-29(13-15-39(27,4)33(30)14-16-40(31,32)5)50-24-28-22-43(42-41-28)17-18-48-19-20-49-38-37(47)36(46)35(45)34(23-44)51-38/h22,25-27,29-38,44-47H,6-21,23-24H2,1-5H3/t26-,27?,29+,30?,31-,32+,33+,34?,35-,36?,37?,38+,39+,40-/m1/s1. The van der Waals surface area contributed by atoms with Crippen LogP contribution in [0.1, 0.15) is 117 Å². The molecule has 0 spiro atoms. The van der Waals surface area contributed by atoms with Gasteiger partial charge in [0.25, 0.3) is 0 Å². The lowest BCUT2D eigenvalue weighted by atomic mass is 9.44. The number of aromatic nitrogens is 3. The highest BCUT2D eigenvalue weighted by molar-refractivity contribution is 5.10. The fourth-order valence-electron chi connectivity index (χ4n) is 11.8. The van der Waals surface area contributed by atoms with E-state index in [2.05, 4.69) is 44.9 Å². The van der Waals surface area contributed by atoms with Crippen LogP contribution in [-0.2, 0) is 32.1 Å². The topological polar surface area (TPSA) is 149 Å². The zero-order valence-electron chi connectivity index (χ0n) is 32.1. The van der Waals surface area contributed by atoms with Crippen LogP contribution in [0.4, 0.5) is 0 Å². The predicted octanol–water partition coefficient (Wildman–Crippen LogP) is 5.12. The summed E-state index contributed by atoms with van der Waals surface area (Å²) in [6, 6.07) is 0. The van der Waals surface area contributed by atoms with Gasteiger partial charge >= 0.3 is 0 Å². The quantitative estimate of drug-likeness (QED) is 0.170. The number of rotatable bonds is 16. The minimum atomic E-state index is -1.46. The molecule has 1 aromatic heterocycles. The highest BCUT2D eigenvalue weighted by atomic mass is 16.7. The van der Waals surface area contributed by atoms with Gasteiger partial charge in [-0.05, 0) is 110 Å². The molecular weight excluding hydrogens is 650 g/mol. The van der Waals surface area contributed by atoms with Crippen molar-refractivity contribution >= 4 is 0 Å². The molecule has 5 aliphatic rings. The lowest BCUT2D eigenvalue weighted by Crippen LogP contribution is -2.59. The summed E-state index contributed by atoms with van der Waals surface area (Å²) in [5, 5.41) is 47.8. The van der Waals surface area contributed by atoms with Crippen molar-refractivity contribution in [3.8, 4) is 0 Å². The lowest BCUT2D eigenvalue weighted by Gasteiger charge is -2.61. The van der Waals surface area contributed by atoms with Crippen molar-refractivity contribution in [2.45, 2.75) is 162 Å². The van der Waals surface area contributed by atoms with Crippen LogP contribution in [0.5, 0.6) is 0 Å². The van der Waals surface area contributed by atoms with Gasteiger partial charge in [0.1, 0.15) is 30.1 Å². The lowest BCUT2D eigenvalue weighted by molar-refractivity contribution is -0.302. The second-order valence-electron chi connectivity index (χ2n) is 18.0. The molecule has 4 N–H and O–H groups in total. The van der Waals surface area contributed by atoms with E-state index in [4.69, 9.17) is 18.9 Å². The van der Waals surface area contributed by atoms with Crippen LogP contribution >= 0.6 is 0 Å². The van der Waals surface area contributed by atoms with Crippen molar-refractivity contribution in [2.75, 3.05) is 26.4 Å². The molecule has 5 unspecified atom stereocenters. The molecule has 14 atom stereocenters. The Bertz CT molecular complexity index is 1230. The zero-order valence-corrected chi connectivity index (χ0v) is 32.1. The number of ether oxygens (including phenoxy) is 4. The van der Waals surface area contributed by atoms with E-state index in [1.807, 2.05) is 6.20 Å². The smallest absolute Gasteiger partial charge is 0.186 e. The molecule has 6 rings (SSSR count). The monoisotopic (exact) mass is 720 g/mol. The third-order valence-electron chi connectivity index (χ3n) is 14.7. The Morgan fingerprint density at radius 1 is 0.882 bits per heavy atom. The van der Waals surface area contributed by atoms with E-state index in [1.54, 1.807) is 4.68 Å². The number of fused-ring (bicyclic) bond motifs is 5. The zero-order chi connectivity index (χ0) is 36.3. The van der Waals surface area contributed by atoms with Gasteiger partial charge < -0.3 is 39.4 Å². The summed E-state index contributed by atoms with van der Waals surface area (Å²) in [5.74, 6) is 6.10. The second-order valence-corrected chi connectivity index (χ2v) is 18.0. The van der Waals surface area contributed by atoms with Crippen molar-refractivity contribution < 1.29 is 39.4 Å². The fourth-order valence-corrected chi connectivity index (χ4v) is 11.8. The Balaban J connectivity index is 0.901. The Kier molecular flexibility index (Phi) is 13.2. The van der Waals surface area contributed by atoms with Crippen LogP contribution in [0.3, 0.4) is 0 Å². The van der Waals surface area contributed by atoms with Gasteiger partial charge in [0.15, 0.2) is 6.29 Å². The molecule has 0 radical (unpaired) electrons. The van der Waals surface area contributed by atoms with Gasteiger partial charge in [0, 0.05) is 0 Å². The largest absolute Gasteiger partial charge is 0.394 e. The molecule has 1 saturated heterocycles. The fraction of sp³-hybridized carbons (Fsp3) is 0.950. The van der Waals surface area contributed by atoms with Gasteiger partial charge in [-0.3, -0.25) is 0 Å². The summed E-state index contributed by atoms with van der Waals surface area (Å²) in [5.41, 5.74) is 1.84. The van der Waals surface area contributed by atoms with E-state index in [9.17, 15) is 20.4 Å². The number of aliphatic hydroxyl groups excluding tert-OH is 4. The summed E-state index contributed by atoms with van der Waals surface area (Å²) in [6.07, 6.45) is 12.1. The van der Waals surface area contributed by atoms with Crippen molar-refractivity contribution in [3.05, 3.63) is 11.9 Å². The summed E-state index contributed by atoms with van der Waals surface area (Å²) >= 11 is 0. The third-order valence-corrected chi connectivity index (χ3v) is 14.7. The molecule has 51 heavy (non-hydrogen) atoms. The molecule has 0 bridgehead atoms. The molecular formula is C40H69N3O8. The van der Waals surface area contributed by atoms with Crippen LogP contribution in [0.25, 0.3) is 0 Å². The van der Waals surface area contributed by atoms with Crippen molar-refractivity contribution in [3.63, 3.8) is 0 Å². The van der Waals surface area contributed by atoms with E-state index in [-0.39, 0.29) is 19.3 Å². The maximum Gasteiger partial charge on any atom is 0.186 e. The minimum absolute atomic E-state index is 0.111. The second kappa shape index (κ2) is 17.1. The highest BCUT2D eigenvalue weighted by Gasteiger charge is 2.60. The number of hydrogen-bond donors (Lipinski definition) is 4. The first-order valence-corrected chi connectivity index (χ1v) is 20.4. The predicted molar refractivity (Wildman–Crippen MR) is 192 cm³/mol. The van der Waals surface area contributed by atoms with Crippen LogP contribution < -0.4 is 0 Å². The molecule has 11 nitrogen and oxygen atoms in total. The first kappa shape index (κ1) is 39.5. The molecule has 0 aromatic carbocycles. The molecule has 1 aromatic rings. The van der Waals surface area contributed by atoms with Gasteiger partial charge in [-0.15, -0.1) is 5.10 Å². The SMILES string of the molecule is CC(C)CCC[C@@H](C)[C@H]1CC[C@H]2C3CCC4C[C@@H](OCc5cn(CCOCCO[C@H]6OC(CO)[C@@H](O)C(O)C6O)nn5)CC[C@]4(C)[C@H]3CC[C@]12C. The van der Waals surface area contributed by atoms with Gasteiger partial charge in [0.05, 0.1) is 51.9 Å². The molecule has 2 heterocycles. The molecule has 292 valence electrons. The number of hydrogen-bond acceptors (Lipinski definition) is 10. The Labute approximate surface area is 306 Å². The Morgan fingerprint density at radius 3 is 2.45 bits per heavy atom. The average molecular weight is 720 g/mol. The first-order valence-electron chi connectivity index (χ1n) is 20.4. The molecule has 5 fully saturated rings. The van der Waals surface area contributed by atoms with Gasteiger partial charge in [-0.2, -0.15) is 0 Å². The van der Waals surface area contributed by atoms with Gasteiger partial charge in [0.2, 0.25) is 0 Å². The highest BCUT2D eigenvalue weighted by Crippen LogP contribution is 2.68. The van der Waals surface area contributed by atoms with Crippen LogP contribution in [0, 0.1) is 52.3 Å². The van der Waals surface area contributed by atoms with Crippen LogP contribution in [0.15, 0.2) is 6.20 Å². The van der Waals surface area contributed by atoms with Crippen molar-refractivity contribution in [1.82, 2.24) is 15.0 Å². The maximum atomic E-state index is 10.1. The Hall–Kier alpha value is -1.18. The normalized spacial score (nSPS) is 41.6. The third kappa shape index (κ3) is 8.56. The van der Waals surface area contributed by atoms with E-state index in [0.717, 1.165) is 53.5 Å². The maximum absolute atomic E-state index is 10.1. The summed E-state index contributed by atoms with van der Waals surface area (Å²) in [6.45, 7) is 13.9. The number of aliphatic hydroxyl groups is 4. The van der Waals surface area contributed by atoms with E-state index in [0.29, 0.717) is 30.6 Å². The van der Waals surface area contributed by atoms with Gasteiger partial charge in [-0.1, -0.05) is 59.1 Å². The molecule has 4 saturated carbocycles. The summed E-state index contributed by atoms with van der Waals surface area (Å²) in [4.78, 5) is 0. The summed E-state index contributed by atoms with van der Waals surface area (Å²) < 4.78 is 24.7. The van der Waals surface area contributed by atoms with Crippen molar-refractivity contribution in [1.29, 1.82) is 0 Å². The average Bonchev–Trinajstić information content (AvgIpc) is 3.72. The first-order chi connectivity index (χ1) is 24.4. The van der Waals surface area contributed by atoms with Crippen molar-refractivity contribution in [2.24, 2.45) is 52.3 Å².